The molecule has 0 heterocycles. The van der Waals surface area contributed by atoms with E-state index in [-0.39, 0.29) is 17.4 Å². The Balaban J connectivity index is 1.37. The number of allylic oxidation sites excluding steroid dienone is 4. The summed E-state index contributed by atoms with van der Waals surface area (Å²) in [5.41, 5.74) is 4.39. The molecular formula is C35H40O4. The van der Waals surface area contributed by atoms with Crippen LogP contribution in [0.15, 0.2) is 84.5 Å². The zero-order chi connectivity index (χ0) is 27.6. The molecule has 2 N–H and O–H groups in total. The van der Waals surface area contributed by atoms with Crippen LogP contribution < -0.4 is 0 Å². The number of benzene rings is 2. The standard InChI is InChI=1S/C35H40O4/c1-34(20-7-5-14-31(34)25-29-16-18-30(19-17-29)26-39-27-33(37)38)21-8-6-15-32(36)35(23-10-24-35)22-9-13-28-11-3-2-4-12-28/h2-4,6,8,11-12,15-19,21,25,32,36H,5,7,10,14,20,22-24,26-27H2,1H3,(H,37,38)/b15-6+,21-8+,31-25+/t32-,34-/m0/s1. The average Bonchev–Trinajstić information content (AvgIpc) is 2.91. The molecular weight excluding hydrogens is 484 g/mol. The fourth-order valence-corrected chi connectivity index (χ4v) is 5.54. The highest BCUT2D eigenvalue weighted by atomic mass is 16.5. The summed E-state index contributed by atoms with van der Waals surface area (Å²) in [6.07, 6.45) is 18.6. The number of carbonyl (C=O) groups is 1. The number of aliphatic carboxylic acids is 1. The molecule has 2 aliphatic rings. The Labute approximate surface area is 233 Å². The van der Waals surface area contributed by atoms with E-state index in [1.165, 1.54) is 18.4 Å². The van der Waals surface area contributed by atoms with Crippen molar-refractivity contribution in [2.75, 3.05) is 6.61 Å². The SMILES string of the molecule is C[C@@]1(/C=C/C=C/[C@H](O)C2(CC#Cc3ccccc3)CCC2)CCCC/C1=C\c1ccc(COCC(=O)O)cc1. The maximum Gasteiger partial charge on any atom is 0.329 e. The van der Waals surface area contributed by atoms with Gasteiger partial charge < -0.3 is 14.9 Å². The molecule has 0 bridgehead atoms. The second-order valence-corrected chi connectivity index (χ2v) is 11.2. The Morgan fingerprint density at radius 3 is 2.49 bits per heavy atom. The van der Waals surface area contributed by atoms with E-state index in [9.17, 15) is 9.90 Å². The van der Waals surface area contributed by atoms with E-state index in [0.29, 0.717) is 13.0 Å². The number of hydrogen-bond acceptors (Lipinski definition) is 3. The molecule has 204 valence electrons. The highest BCUT2D eigenvalue weighted by Gasteiger charge is 2.41. The van der Waals surface area contributed by atoms with E-state index in [1.807, 2.05) is 54.6 Å². The van der Waals surface area contributed by atoms with E-state index in [0.717, 1.165) is 48.8 Å². The molecule has 0 radical (unpaired) electrons. The zero-order valence-electron chi connectivity index (χ0n) is 22.9. The van der Waals surface area contributed by atoms with Gasteiger partial charge in [0.25, 0.3) is 0 Å². The molecule has 0 spiro atoms. The molecule has 2 atom stereocenters. The van der Waals surface area contributed by atoms with Crippen LogP contribution in [-0.2, 0) is 16.1 Å². The summed E-state index contributed by atoms with van der Waals surface area (Å²) >= 11 is 0. The van der Waals surface area contributed by atoms with Crippen molar-refractivity contribution in [2.24, 2.45) is 10.8 Å². The summed E-state index contributed by atoms with van der Waals surface area (Å²) in [6, 6.07) is 18.2. The summed E-state index contributed by atoms with van der Waals surface area (Å²) in [5.74, 6) is 5.61. The summed E-state index contributed by atoms with van der Waals surface area (Å²) in [7, 11) is 0. The molecule has 0 saturated heterocycles. The number of carboxylic acid groups (broad SMARTS) is 1. The van der Waals surface area contributed by atoms with Crippen LogP contribution in [0.2, 0.25) is 0 Å². The minimum atomic E-state index is -0.957. The monoisotopic (exact) mass is 524 g/mol. The van der Waals surface area contributed by atoms with Crippen LogP contribution in [0.1, 0.15) is 75.0 Å². The molecule has 0 aliphatic heterocycles. The van der Waals surface area contributed by atoms with Gasteiger partial charge in [0.2, 0.25) is 0 Å². The third kappa shape index (κ3) is 8.05. The molecule has 0 amide bonds. The lowest BCUT2D eigenvalue weighted by Gasteiger charge is -2.43. The van der Waals surface area contributed by atoms with Gasteiger partial charge in [-0.05, 0) is 55.4 Å². The van der Waals surface area contributed by atoms with Crippen molar-refractivity contribution in [3.8, 4) is 11.8 Å². The molecule has 4 nitrogen and oxygen atoms in total. The van der Waals surface area contributed by atoms with Crippen molar-refractivity contribution in [2.45, 2.75) is 71.0 Å². The smallest absolute Gasteiger partial charge is 0.329 e. The number of hydrogen-bond donors (Lipinski definition) is 2. The zero-order valence-corrected chi connectivity index (χ0v) is 22.9. The maximum absolute atomic E-state index is 11.0. The molecule has 4 rings (SSSR count). The molecule has 2 aromatic rings. The van der Waals surface area contributed by atoms with Gasteiger partial charge in [-0.2, -0.15) is 0 Å². The van der Waals surface area contributed by atoms with Gasteiger partial charge >= 0.3 is 5.97 Å². The van der Waals surface area contributed by atoms with E-state index >= 15 is 0 Å². The first kappa shape index (κ1) is 28.6. The first-order valence-corrected chi connectivity index (χ1v) is 14.1. The average molecular weight is 525 g/mol. The highest BCUT2D eigenvalue weighted by molar-refractivity contribution is 5.68. The normalized spacial score (nSPS) is 22.4. The van der Waals surface area contributed by atoms with Crippen molar-refractivity contribution in [3.63, 3.8) is 0 Å². The van der Waals surface area contributed by atoms with Crippen LogP contribution in [-0.4, -0.2) is 28.9 Å². The van der Waals surface area contributed by atoms with Crippen molar-refractivity contribution in [1.82, 2.24) is 0 Å². The van der Waals surface area contributed by atoms with Crippen molar-refractivity contribution in [1.29, 1.82) is 0 Å². The van der Waals surface area contributed by atoms with Crippen LogP contribution in [0.4, 0.5) is 0 Å². The maximum atomic E-state index is 11.0. The van der Waals surface area contributed by atoms with Crippen molar-refractivity contribution in [3.05, 3.63) is 101 Å². The van der Waals surface area contributed by atoms with E-state index in [2.05, 4.69) is 49.1 Å². The van der Waals surface area contributed by atoms with Gasteiger partial charge in [-0.25, -0.2) is 4.79 Å². The Hall–Kier alpha value is -3.39. The first-order chi connectivity index (χ1) is 18.9. The van der Waals surface area contributed by atoms with Gasteiger partial charge in [0.1, 0.15) is 6.61 Å². The highest BCUT2D eigenvalue weighted by Crippen LogP contribution is 2.47. The second kappa shape index (κ2) is 13.6. The lowest BCUT2D eigenvalue weighted by molar-refractivity contribution is -0.142. The van der Waals surface area contributed by atoms with Crippen molar-refractivity contribution >= 4 is 12.0 Å². The topological polar surface area (TPSA) is 66.8 Å². The molecule has 2 fully saturated rings. The van der Waals surface area contributed by atoms with Gasteiger partial charge in [0, 0.05) is 22.8 Å². The lowest BCUT2D eigenvalue weighted by Crippen LogP contribution is -2.40. The number of ether oxygens (including phenoxy) is 1. The Bertz CT molecular complexity index is 1240. The molecule has 39 heavy (non-hydrogen) atoms. The van der Waals surface area contributed by atoms with Crippen LogP contribution >= 0.6 is 0 Å². The van der Waals surface area contributed by atoms with E-state index in [1.54, 1.807) is 0 Å². The fourth-order valence-electron chi connectivity index (χ4n) is 5.54. The predicted molar refractivity (Wildman–Crippen MR) is 157 cm³/mol. The van der Waals surface area contributed by atoms with Crippen molar-refractivity contribution < 1.29 is 19.7 Å². The van der Waals surface area contributed by atoms with Crippen LogP contribution in [0.5, 0.6) is 0 Å². The van der Waals surface area contributed by atoms with E-state index < -0.39 is 12.1 Å². The Kier molecular flexibility index (Phi) is 9.98. The van der Waals surface area contributed by atoms with Crippen LogP contribution in [0, 0.1) is 22.7 Å². The Morgan fingerprint density at radius 1 is 1.03 bits per heavy atom. The minimum Gasteiger partial charge on any atom is -0.480 e. The fraction of sp³-hybridized carbons (Fsp3) is 0.400. The molecule has 0 unspecified atom stereocenters. The third-order valence-corrected chi connectivity index (χ3v) is 8.23. The number of aliphatic hydroxyl groups is 1. The first-order valence-electron chi connectivity index (χ1n) is 14.1. The van der Waals surface area contributed by atoms with Crippen LogP contribution in [0.3, 0.4) is 0 Å². The predicted octanol–water partition coefficient (Wildman–Crippen LogP) is 7.34. The number of aliphatic hydroxyl groups excluding tert-OH is 1. The number of carboxylic acids is 1. The summed E-state index contributed by atoms with van der Waals surface area (Å²) in [6.45, 7) is 2.31. The van der Waals surface area contributed by atoms with Gasteiger partial charge in [0.05, 0.1) is 12.7 Å². The Morgan fingerprint density at radius 2 is 1.79 bits per heavy atom. The molecule has 2 aliphatic carbocycles. The molecule has 2 aromatic carbocycles. The summed E-state index contributed by atoms with van der Waals surface area (Å²) in [4.78, 5) is 10.6. The van der Waals surface area contributed by atoms with E-state index in [4.69, 9.17) is 9.84 Å². The lowest BCUT2D eigenvalue weighted by atomic mass is 9.63. The van der Waals surface area contributed by atoms with Crippen LogP contribution in [0.25, 0.3) is 6.08 Å². The quantitative estimate of drug-likeness (QED) is 0.252. The minimum absolute atomic E-state index is 0.0217. The molecule has 0 aromatic heterocycles. The third-order valence-electron chi connectivity index (χ3n) is 8.23. The largest absolute Gasteiger partial charge is 0.480 e. The van der Waals surface area contributed by atoms with Gasteiger partial charge in [-0.3, -0.25) is 0 Å². The summed E-state index contributed by atoms with van der Waals surface area (Å²) < 4.78 is 5.19. The van der Waals surface area contributed by atoms with Gasteiger partial charge in [-0.1, -0.05) is 110 Å². The number of rotatable bonds is 10. The molecule has 4 heteroatoms. The second-order valence-electron chi connectivity index (χ2n) is 11.2. The van der Waals surface area contributed by atoms with Gasteiger partial charge in [0.15, 0.2) is 0 Å². The summed E-state index contributed by atoms with van der Waals surface area (Å²) in [5, 5.41) is 19.8. The molecule has 2 saturated carbocycles. The van der Waals surface area contributed by atoms with Gasteiger partial charge in [-0.15, -0.1) is 0 Å².